The lowest BCUT2D eigenvalue weighted by Gasteiger charge is -2.42. The van der Waals surface area contributed by atoms with E-state index in [-0.39, 0.29) is 12.8 Å². The highest BCUT2D eigenvalue weighted by Gasteiger charge is 2.52. The van der Waals surface area contributed by atoms with Gasteiger partial charge in [0.1, 0.15) is 5.60 Å². The number of nitrogens with zero attached hydrogens (tertiary/aromatic N) is 2. The van der Waals surface area contributed by atoms with Crippen LogP contribution in [0.15, 0.2) is 12.3 Å². The SMILES string of the molecule is Cc1ccnc(C2(O)CC3CCCC(C2)S3(=O)=O)n1. The maximum absolute atomic E-state index is 12.2. The zero-order valence-corrected chi connectivity index (χ0v) is 11.7. The summed E-state index contributed by atoms with van der Waals surface area (Å²) in [5.41, 5.74) is -0.399. The number of hydrogen-bond acceptors (Lipinski definition) is 5. The Labute approximate surface area is 113 Å². The standard InChI is InChI=1S/C13H18N2O3S/c1-9-5-6-14-12(15-9)13(16)7-10-3-2-4-11(8-13)19(10,17)18/h5-6,10-11,16H,2-4,7-8H2,1H3. The van der Waals surface area contributed by atoms with Crippen LogP contribution in [0.5, 0.6) is 0 Å². The normalized spacial score (nSPS) is 36.9. The largest absolute Gasteiger partial charge is 0.382 e. The molecular weight excluding hydrogens is 264 g/mol. The molecule has 2 unspecified atom stereocenters. The Morgan fingerprint density at radius 2 is 1.95 bits per heavy atom. The third kappa shape index (κ3) is 2.07. The maximum atomic E-state index is 12.2. The Hall–Kier alpha value is -1.01. The van der Waals surface area contributed by atoms with Gasteiger partial charge >= 0.3 is 0 Å². The van der Waals surface area contributed by atoms with Gasteiger partial charge in [0.25, 0.3) is 0 Å². The first-order valence-corrected chi connectivity index (χ1v) is 8.28. The Balaban J connectivity index is 1.99. The van der Waals surface area contributed by atoms with E-state index in [0.717, 1.165) is 12.1 Å². The molecular formula is C13H18N2O3S. The highest BCUT2D eigenvalue weighted by molar-refractivity contribution is 7.92. The predicted octanol–water partition coefficient (Wildman–Crippen LogP) is 1.10. The highest BCUT2D eigenvalue weighted by atomic mass is 32.2. The Kier molecular flexibility index (Phi) is 2.90. The van der Waals surface area contributed by atoms with Crippen LogP contribution in [0.1, 0.15) is 43.6 Å². The highest BCUT2D eigenvalue weighted by Crippen LogP contribution is 2.45. The van der Waals surface area contributed by atoms with Gasteiger partial charge in [0.15, 0.2) is 15.7 Å². The summed E-state index contributed by atoms with van der Waals surface area (Å²) in [6, 6.07) is 1.77. The molecule has 0 saturated carbocycles. The lowest BCUT2D eigenvalue weighted by atomic mass is 9.85. The molecule has 0 aromatic carbocycles. The van der Waals surface area contributed by atoms with Gasteiger partial charge in [0, 0.05) is 24.7 Å². The van der Waals surface area contributed by atoms with Crippen molar-refractivity contribution in [2.24, 2.45) is 0 Å². The molecule has 2 bridgehead atoms. The van der Waals surface area contributed by atoms with Crippen LogP contribution in [0, 0.1) is 6.92 Å². The van der Waals surface area contributed by atoms with Gasteiger partial charge in [-0.25, -0.2) is 18.4 Å². The van der Waals surface area contributed by atoms with E-state index in [1.165, 1.54) is 0 Å². The summed E-state index contributed by atoms with van der Waals surface area (Å²) in [5.74, 6) is 0.374. The Morgan fingerprint density at radius 1 is 1.32 bits per heavy atom. The van der Waals surface area contributed by atoms with Gasteiger partial charge in [0.2, 0.25) is 0 Å². The van der Waals surface area contributed by atoms with Crippen molar-refractivity contribution in [2.75, 3.05) is 0 Å². The molecule has 1 aromatic heterocycles. The molecule has 3 heterocycles. The molecule has 2 fully saturated rings. The summed E-state index contributed by atoms with van der Waals surface area (Å²) in [5, 5.41) is 9.94. The van der Waals surface area contributed by atoms with E-state index < -0.39 is 25.9 Å². The predicted molar refractivity (Wildman–Crippen MR) is 70.2 cm³/mol. The molecule has 6 heteroatoms. The number of sulfone groups is 1. The first kappa shape index (κ1) is 13.0. The van der Waals surface area contributed by atoms with Crippen LogP contribution in [-0.4, -0.2) is 34.0 Å². The number of fused-ring (bicyclic) bond motifs is 2. The summed E-state index contributed by atoms with van der Waals surface area (Å²) in [6.45, 7) is 1.84. The molecule has 104 valence electrons. The minimum absolute atomic E-state index is 0.231. The molecule has 2 saturated heterocycles. The molecule has 3 rings (SSSR count). The van der Waals surface area contributed by atoms with Crippen molar-refractivity contribution >= 4 is 9.84 Å². The zero-order valence-electron chi connectivity index (χ0n) is 10.9. The number of aryl methyl sites for hydroxylation is 1. The fourth-order valence-electron chi connectivity index (χ4n) is 3.30. The van der Waals surface area contributed by atoms with Gasteiger partial charge in [-0.05, 0) is 25.8 Å². The van der Waals surface area contributed by atoms with Crippen molar-refractivity contribution in [1.82, 2.24) is 9.97 Å². The summed E-state index contributed by atoms with van der Waals surface area (Å²) in [7, 11) is -3.07. The van der Waals surface area contributed by atoms with Gasteiger partial charge in [0.05, 0.1) is 10.5 Å². The molecule has 2 aliphatic heterocycles. The average Bonchev–Trinajstić information content (AvgIpc) is 2.31. The molecule has 0 amide bonds. The topological polar surface area (TPSA) is 80.2 Å². The van der Waals surface area contributed by atoms with E-state index in [1.54, 1.807) is 12.3 Å². The van der Waals surface area contributed by atoms with Gasteiger partial charge in [-0.15, -0.1) is 0 Å². The van der Waals surface area contributed by atoms with Gasteiger partial charge in [-0.2, -0.15) is 0 Å². The second-order valence-corrected chi connectivity index (χ2v) is 8.24. The summed E-state index contributed by atoms with van der Waals surface area (Å²) in [6.07, 6.45) is 4.30. The van der Waals surface area contributed by atoms with Gasteiger partial charge in [-0.3, -0.25) is 0 Å². The van der Waals surface area contributed by atoms with Crippen molar-refractivity contribution in [3.05, 3.63) is 23.8 Å². The molecule has 1 N–H and O–H groups in total. The van der Waals surface area contributed by atoms with Crippen molar-refractivity contribution < 1.29 is 13.5 Å². The van der Waals surface area contributed by atoms with E-state index in [4.69, 9.17) is 0 Å². The lowest BCUT2D eigenvalue weighted by molar-refractivity contribution is -0.00349. The fourth-order valence-corrected chi connectivity index (χ4v) is 5.85. The third-order valence-corrected chi connectivity index (χ3v) is 6.99. The quantitative estimate of drug-likeness (QED) is 0.834. The van der Waals surface area contributed by atoms with Gasteiger partial charge in [-0.1, -0.05) is 6.42 Å². The molecule has 2 aliphatic rings. The molecule has 0 radical (unpaired) electrons. The summed E-state index contributed by atoms with van der Waals surface area (Å²) >= 11 is 0. The monoisotopic (exact) mass is 282 g/mol. The van der Waals surface area contributed by atoms with Gasteiger partial charge < -0.3 is 5.11 Å². The van der Waals surface area contributed by atoms with Crippen LogP contribution in [0.25, 0.3) is 0 Å². The van der Waals surface area contributed by atoms with Crippen LogP contribution in [-0.2, 0) is 15.4 Å². The number of hydrogen-bond donors (Lipinski definition) is 1. The second-order valence-electron chi connectivity index (χ2n) is 5.73. The van der Waals surface area contributed by atoms with Crippen LogP contribution in [0.2, 0.25) is 0 Å². The van der Waals surface area contributed by atoms with Crippen LogP contribution in [0.4, 0.5) is 0 Å². The van der Waals surface area contributed by atoms with Crippen molar-refractivity contribution in [2.45, 2.75) is 55.1 Å². The minimum atomic E-state index is -3.07. The fraction of sp³-hybridized carbons (Fsp3) is 0.692. The summed E-state index contributed by atoms with van der Waals surface area (Å²) in [4.78, 5) is 8.44. The average molecular weight is 282 g/mol. The number of aromatic nitrogens is 2. The minimum Gasteiger partial charge on any atom is -0.382 e. The molecule has 0 spiro atoms. The van der Waals surface area contributed by atoms with Crippen molar-refractivity contribution in [3.8, 4) is 0 Å². The first-order valence-electron chi connectivity index (χ1n) is 6.67. The van der Waals surface area contributed by atoms with Crippen molar-refractivity contribution in [1.29, 1.82) is 0 Å². The van der Waals surface area contributed by atoms with E-state index in [1.807, 2.05) is 6.92 Å². The van der Waals surface area contributed by atoms with Crippen LogP contribution < -0.4 is 0 Å². The van der Waals surface area contributed by atoms with Crippen LogP contribution >= 0.6 is 0 Å². The van der Waals surface area contributed by atoms with E-state index in [9.17, 15) is 13.5 Å². The first-order chi connectivity index (χ1) is 8.92. The molecule has 1 aromatic rings. The Bertz CT molecular complexity index is 580. The van der Waals surface area contributed by atoms with E-state index in [2.05, 4.69) is 9.97 Å². The van der Waals surface area contributed by atoms with Crippen molar-refractivity contribution in [3.63, 3.8) is 0 Å². The van der Waals surface area contributed by atoms with E-state index in [0.29, 0.717) is 18.7 Å². The smallest absolute Gasteiger partial charge is 0.160 e. The number of rotatable bonds is 1. The second kappa shape index (κ2) is 4.24. The molecule has 19 heavy (non-hydrogen) atoms. The maximum Gasteiger partial charge on any atom is 0.160 e. The lowest BCUT2D eigenvalue weighted by Crippen LogP contribution is -2.50. The molecule has 2 atom stereocenters. The molecule has 5 nitrogen and oxygen atoms in total. The van der Waals surface area contributed by atoms with Crippen LogP contribution in [0.3, 0.4) is 0 Å². The summed E-state index contributed by atoms with van der Waals surface area (Å²) < 4.78 is 24.5. The third-order valence-electron chi connectivity index (χ3n) is 4.32. The number of aliphatic hydroxyl groups is 1. The molecule has 0 aliphatic carbocycles. The van der Waals surface area contributed by atoms with E-state index >= 15 is 0 Å². The Morgan fingerprint density at radius 3 is 2.53 bits per heavy atom. The zero-order chi connectivity index (χ0) is 13.7.